The van der Waals surface area contributed by atoms with Crippen LogP contribution in [0.4, 0.5) is 13.2 Å². The molecule has 21 heavy (non-hydrogen) atoms. The topological polar surface area (TPSA) is 19.0 Å². The summed E-state index contributed by atoms with van der Waals surface area (Å²) in [5.41, 5.74) is 2.56. The second-order valence-corrected chi connectivity index (χ2v) is 6.17. The summed E-state index contributed by atoms with van der Waals surface area (Å²) in [4.78, 5) is 5.83. The van der Waals surface area contributed by atoms with Gasteiger partial charge < -0.3 is 9.88 Å². The Morgan fingerprint density at radius 3 is 2.86 bits per heavy atom. The molecule has 1 N–H and O–H groups in total. The number of aromatic nitrogens is 1. The molecule has 1 fully saturated rings. The number of nitrogens with zero attached hydrogens (tertiary/aromatic N) is 1. The Morgan fingerprint density at radius 2 is 2.05 bits per heavy atom. The fourth-order valence-electron chi connectivity index (χ4n) is 3.83. The zero-order chi connectivity index (χ0) is 14.6. The molecule has 0 spiro atoms. The van der Waals surface area contributed by atoms with E-state index in [0.29, 0.717) is 5.92 Å². The molecule has 0 radical (unpaired) electrons. The number of alkyl halides is 3. The Kier molecular flexibility index (Phi) is 2.83. The Labute approximate surface area is 120 Å². The normalized spacial score (nSPS) is 25.7. The number of hydrogen-bond acceptors (Lipinski definition) is 1. The third-order valence-electron chi connectivity index (χ3n) is 4.86. The van der Waals surface area contributed by atoms with Crippen molar-refractivity contribution in [3.8, 4) is 0 Å². The fourth-order valence-corrected chi connectivity index (χ4v) is 3.83. The molecule has 1 aromatic heterocycles. The number of benzene rings is 1. The van der Waals surface area contributed by atoms with Crippen molar-refractivity contribution < 1.29 is 13.2 Å². The second-order valence-electron chi connectivity index (χ2n) is 6.17. The molecule has 1 aromatic carbocycles. The monoisotopic (exact) mass is 294 g/mol. The standard InChI is InChI=1S/C16H17F3N2/c17-16(18,19)11-3-4-14-13(8-11)12-5-7-21-6-1-2-10(9-21)15(12)20-14/h3-4,8,10,20H,1-2,5-7,9H2. The summed E-state index contributed by atoms with van der Waals surface area (Å²) in [5.74, 6) is 0.443. The van der Waals surface area contributed by atoms with Gasteiger partial charge in [-0.2, -0.15) is 13.2 Å². The zero-order valence-corrected chi connectivity index (χ0v) is 11.6. The first-order valence-electron chi connectivity index (χ1n) is 7.46. The van der Waals surface area contributed by atoms with Crippen LogP contribution < -0.4 is 0 Å². The second kappa shape index (κ2) is 4.50. The van der Waals surface area contributed by atoms with Crippen molar-refractivity contribution >= 4 is 10.9 Å². The number of rotatable bonds is 0. The molecule has 2 bridgehead atoms. The predicted octanol–water partition coefficient (Wildman–Crippen LogP) is 3.92. The van der Waals surface area contributed by atoms with Gasteiger partial charge in [-0.15, -0.1) is 0 Å². The van der Waals surface area contributed by atoms with Gasteiger partial charge in [0, 0.05) is 35.6 Å². The van der Waals surface area contributed by atoms with E-state index >= 15 is 0 Å². The molecule has 1 saturated heterocycles. The Morgan fingerprint density at radius 1 is 1.19 bits per heavy atom. The highest BCUT2D eigenvalue weighted by molar-refractivity contribution is 5.86. The van der Waals surface area contributed by atoms with Crippen LogP contribution in [0.1, 0.15) is 35.6 Å². The van der Waals surface area contributed by atoms with Crippen molar-refractivity contribution in [3.05, 3.63) is 35.0 Å². The van der Waals surface area contributed by atoms with E-state index in [-0.39, 0.29) is 0 Å². The number of hydrogen-bond donors (Lipinski definition) is 1. The summed E-state index contributed by atoms with van der Waals surface area (Å²) >= 11 is 0. The van der Waals surface area contributed by atoms with Crippen molar-refractivity contribution in [2.75, 3.05) is 19.6 Å². The molecule has 2 aliphatic heterocycles. The highest BCUT2D eigenvalue weighted by atomic mass is 19.4. The molecule has 2 aromatic rings. The molecule has 2 nitrogen and oxygen atoms in total. The average molecular weight is 294 g/mol. The molecule has 2 atom stereocenters. The maximum absolute atomic E-state index is 12.9. The SMILES string of the molecule is FC(F)(F)c1ccc2[nH]c3c(c2c1)CCN1CCCC3C1. The molecule has 2 unspecified atom stereocenters. The van der Waals surface area contributed by atoms with Crippen molar-refractivity contribution in [1.29, 1.82) is 0 Å². The smallest absolute Gasteiger partial charge is 0.358 e. The van der Waals surface area contributed by atoms with E-state index in [9.17, 15) is 13.2 Å². The molecule has 2 aliphatic rings. The summed E-state index contributed by atoms with van der Waals surface area (Å²) in [5, 5.41) is 0.758. The molecule has 3 heterocycles. The van der Waals surface area contributed by atoms with Gasteiger partial charge in [-0.05, 0) is 49.6 Å². The van der Waals surface area contributed by atoms with Gasteiger partial charge in [-0.1, -0.05) is 0 Å². The molecule has 0 aliphatic carbocycles. The van der Waals surface area contributed by atoms with Crippen molar-refractivity contribution in [2.45, 2.75) is 31.4 Å². The number of fused-ring (bicyclic) bond motifs is 6. The maximum atomic E-state index is 12.9. The fraction of sp³-hybridized carbons (Fsp3) is 0.500. The van der Waals surface area contributed by atoms with Gasteiger partial charge in [-0.3, -0.25) is 0 Å². The predicted molar refractivity (Wildman–Crippen MR) is 75.4 cm³/mol. The first-order valence-corrected chi connectivity index (χ1v) is 7.46. The zero-order valence-electron chi connectivity index (χ0n) is 11.6. The molecule has 5 heteroatoms. The lowest BCUT2D eigenvalue weighted by molar-refractivity contribution is -0.137. The highest BCUT2D eigenvalue weighted by Gasteiger charge is 2.33. The first kappa shape index (κ1) is 13.2. The van der Waals surface area contributed by atoms with E-state index < -0.39 is 11.7 Å². The quantitative estimate of drug-likeness (QED) is 0.780. The van der Waals surface area contributed by atoms with Gasteiger partial charge in [-0.25, -0.2) is 0 Å². The third-order valence-corrected chi connectivity index (χ3v) is 4.86. The van der Waals surface area contributed by atoms with E-state index in [1.807, 2.05) is 0 Å². The van der Waals surface area contributed by atoms with Gasteiger partial charge in [0.25, 0.3) is 0 Å². The molecule has 112 valence electrons. The molecular formula is C16H17F3N2. The van der Waals surface area contributed by atoms with Gasteiger partial charge >= 0.3 is 6.18 Å². The van der Waals surface area contributed by atoms with Gasteiger partial charge in [0.1, 0.15) is 0 Å². The maximum Gasteiger partial charge on any atom is 0.416 e. The summed E-state index contributed by atoms with van der Waals surface area (Å²) < 4.78 is 38.8. The van der Waals surface area contributed by atoms with E-state index in [2.05, 4.69) is 9.88 Å². The van der Waals surface area contributed by atoms with Crippen molar-refractivity contribution in [2.24, 2.45) is 0 Å². The first-order chi connectivity index (χ1) is 10.0. The lowest BCUT2D eigenvalue weighted by Gasteiger charge is -2.29. The number of halogens is 3. The number of nitrogens with one attached hydrogen (secondary N) is 1. The van der Waals surface area contributed by atoms with Crippen LogP contribution in [0.2, 0.25) is 0 Å². The lowest BCUT2D eigenvalue weighted by atomic mass is 9.93. The van der Waals surface area contributed by atoms with Crippen LogP contribution in [0.25, 0.3) is 10.9 Å². The Balaban J connectivity index is 1.87. The Hall–Kier alpha value is -1.49. The number of aromatic amines is 1. The van der Waals surface area contributed by atoms with Crippen LogP contribution in [-0.2, 0) is 12.6 Å². The lowest BCUT2D eigenvalue weighted by Crippen LogP contribution is -2.33. The van der Waals surface area contributed by atoms with Crippen LogP contribution in [0.5, 0.6) is 0 Å². The van der Waals surface area contributed by atoms with Crippen LogP contribution in [0, 0.1) is 0 Å². The molecule has 0 amide bonds. The largest absolute Gasteiger partial charge is 0.416 e. The van der Waals surface area contributed by atoms with Gasteiger partial charge in [0.05, 0.1) is 5.56 Å². The van der Waals surface area contributed by atoms with E-state index in [4.69, 9.17) is 0 Å². The highest BCUT2D eigenvalue weighted by Crippen LogP contribution is 2.38. The van der Waals surface area contributed by atoms with E-state index in [1.165, 1.54) is 24.2 Å². The summed E-state index contributed by atoms with van der Waals surface area (Å²) in [6.07, 6.45) is -1.13. The summed E-state index contributed by atoms with van der Waals surface area (Å²) in [6, 6.07) is 4.06. The third kappa shape index (κ3) is 2.14. The Bertz CT molecular complexity index is 687. The number of piperidine rings is 1. The van der Waals surface area contributed by atoms with Crippen LogP contribution >= 0.6 is 0 Å². The minimum absolute atomic E-state index is 0.443. The van der Waals surface area contributed by atoms with Gasteiger partial charge in [0.2, 0.25) is 0 Å². The van der Waals surface area contributed by atoms with Crippen LogP contribution in [0.15, 0.2) is 18.2 Å². The molecular weight excluding hydrogens is 277 g/mol. The molecule has 0 saturated carbocycles. The van der Waals surface area contributed by atoms with Crippen molar-refractivity contribution in [3.63, 3.8) is 0 Å². The van der Waals surface area contributed by atoms with Gasteiger partial charge in [0.15, 0.2) is 0 Å². The van der Waals surface area contributed by atoms with Crippen LogP contribution in [-0.4, -0.2) is 29.5 Å². The number of H-pyrrole nitrogens is 1. The minimum Gasteiger partial charge on any atom is -0.358 e. The van der Waals surface area contributed by atoms with E-state index in [1.54, 1.807) is 6.07 Å². The summed E-state index contributed by atoms with van der Waals surface area (Å²) in [6.45, 7) is 3.10. The summed E-state index contributed by atoms with van der Waals surface area (Å²) in [7, 11) is 0. The molecule has 4 rings (SSSR count). The van der Waals surface area contributed by atoms with Crippen molar-refractivity contribution in [1.82, 2.24) is 9.88 Å². The van der Waals surface area contributed by atoms with E-state index in [0.717, 1.165) is 48.9 Å². The average Bonchev–Trinajstić information content (AvgIpc) is 2.77. The van der Waals surface area contributed by atoms with Crippen LogP contribution in [0.3, 0.4) is 0 Å². The minimum atomic E-state index is -4.28.